The molecule has 6 N–H and O–H groups in total. The molecule has 0 heterocycles. The first-order valence-corrected chi connectivity index (χ1v) is 2.68. The number of rotatable bonds is 0. The summed E-state index contributed by atoms with van der Waals surface area (Å²) in [6.45, 7) is 0. The van der Waals surface area contributed by atoms with Gasteiger partial charge in [0, 0.05) is 0 Å². The van der Waals surface area contributed by atoms with Crippen LogP contribution in [0, 0.1) is 0 Å². The quantitative estimate of drug-likeness (QED) is 0.292. The Kier molecular flexibility index (Phi) is 23.6. The van der Waals surface area contributed by atoms with Crippen molar-refractivity contribution in [1.82, 2.24) is 0 Å². The molecular formula is CH12CaO5Si. The van der Waals surface area contributed by atoms with Crippen LogP contribution in [0.3, 0.4) is 0 Å². The van der Waals surface area contributed by atoms with Crippen LogP contribution in [0.4, 0.5) is 0 Å². The van der Waals surface area contributed by atoms with Crippen LogP contribution in [0.1, 0.15) is 10.3 Å². The second-order valence-electron chi connectivity index (χ2n) is 0.600. The van der Waals surface area contributed by atoms with Gasteiger partial charge in [0.25, 0.3) is 0 Å². The average molecular weight is 172 g/mol. The molecule has 0 fully saturated rings. The maximum absolute atomic E-state index is 7.33. The maximum Gasteiger partial charge on any atom is 2.00 e. The molecule has 0 aliphatic heterocycles. The molecule has 0 aliphatic rings. The smallest absolute Gasteiger partial charge is 1.00 e. The third-order valence-electron chi connectivity index (χ3n) is 0. The predicted octanol–water partition coefficient (Wildman–Crippen LogP) is -2.95. The van der Waals surface area contributed by atoms with Crippen molar-refractivity contribution in [2.75, 3.05) is 0 Å². The van der Waals surface area contributed by atoms with Crippen molar-refractivity contribution in [3.63, 3.8) is 0 Å². The zero-order chi connectivity index (χ0) is 4.50. The average Bonchev–Trinajstić information content (AvgIpc) is 0.722. The molecule has 0 aromatic rings. The summed E-state index contributed by atoms with van der Waals surface area (Å²) in [4.78, 5) is 29.3. The monoisotopic (exact) mass is 172 g/mol. The van der Waals surface area contributed by atoms with Gasteiger partial charge >= 0.3 is 46.8 Å². The van der Waals surface area contributed by atoms with E-state index in [0.717, 1.165) is 0 Å². The summed E-state index contributed by atoms with van der Waals surface area (Å²) < 4.78 is 0. The van der Waals surface area contributed by atoms with E-state index in [1.165, 1.54) is 0 Å². The summed E-state index contributed by atoms with van der Waals surface area (Å²) in [6.07, 6.45) is 0. The van der Waals surface area contributed by atoms with Crippen LogP contribution in [0.5, 0.6) is 0 Å². The molecule has 5 nitrogen and oxygen atoms in total. The SMILES string of the molecule is C.O.O[Si](O)(O)O.[Ca+2].[H-].[H-]. The fraction of sp³-hybridized carbons (Fsp3) is 1.00. The van der Waals surface area contributed by atoms with Gasteiger partial charge in [0.1, 0.15) is 0 Å². The summed E-state index contributed by atoms with van der Waals surface area (Å²) in [5, 5.41) is 0. The molecular weight excluding hydrogens is 160 g/mol. The molecule has 0 atom stereocenters. The summed E-state index contributed by atoms with van der Waals surface area (Å²) in [5.74, 6) is 0. The van der Waals surface area contributed by atoms with E-state index in [9.17, 15) is 0 Å². The van der Waals surface area contributed by atoms with E-state index >= 15 is 0 Å². The van der Waals surface area contributed by atoms with Gasteiger partial charge in [0.2, 0.25) is 0 Å². The second-order valence-corrected chi connectivity index (χ2v) is 1.80. The van der Waals surface area contributed by atoms with Gasteiger partial charge in [-0.15, -0.1) is 0 Å². The molecule has 0 bridgehead atoms. The first kappa shape index (κ1) is 22.8. The molecule has 0 amide bonds. The van der Waals surface area contributed by atoms with Crippen molar-refractivity contribution < 1.29 is 27.5 Å². The maximum atomic E-state index is 7.33. The molecule has 7 heteroatoms. The molecule has 0 unspecified atom stereocenters. The fourth-order valence-electron chi connectivity index (χ4n) is 0. The molecule has 0 aromatic heterocycles. The minimum Gasteiger partial charge on any atom is -1.00 e. The predicted molar refractivity (Wildman–Crippen MR) is 33.0 cm³/mol. The standard InChI is InChI=1S/CH4.Ca.H4O4Si.H2O.2H/c;;1-5(2,3)4;;;/h1H4;;1-4H;1H2;;/q;+2;;;2*-1. The van der Waals surface area contributed by atoms with Crippen LogP contribution < -0.4 is 0 Å². The summed E-state index contributed by atoms with van der Waals surface area (Å²) >= 11 is 0. The molecule has 52 valence electrons. The van der Waals surface area contributed by atoms with Gasteiger partial charge < -0.3 is 27.5 Å². The van der Waals surface area contributed by atoms with Crippen molar-refractivity contribution in [2.24, 2.45) is 0 Å². The van der Waals surface area contributed by atoms with Crippen molar-refractivity contribution in [3.8, 4) is 0 Å². The van der Waals surface area contributed by atoms with Gasteiger partial charge in [0.05, 0.1) is 0 Å². The first-order valence-electron chi connectivity index (χ1n) is 0.894. The molecule has 0 saturated heterocycles. The van der Waals surface area contributed by atoms with E-state index in [0.29, 0.717) is 0 Å². The van der Waals surface area contributed by atoms with Crippen LogP contribution in [-0.4, -0.2) is 71.4 Å². The number of hydrogen-bond donors (Lipinski definition) is 4. The Hall–Kier alpha value is 1.28. The zero-order valence-corrected chi connectivity index (χ0v) is 6.70. The van der Waals surface area contributed by atoms with Gasteiger partial charge in [-0.25, -0.2) is 0 Å². The molecule has 0 aromatic carbocycles. The molecule has 0 rings (SSSR count). The summed E-state index contributed by atoms with van der Waals surface area (Å²) in [6, 6.07) is 0. The van der Waals surface area contributed by atoms with Crippen LogP contribution in [0.25, 0.3) is 0 Å². The Bertz CT molecular complexity index is 35.1. The van der Waals surface area contributed by atoms with Crippen molar-refractivity contribution in [3.05, 3.63) is 0 Å². The normalized spacial score (nSPS) is 7.50. The zero-order valence-electron chi connectivity index (χ0n) is 5.50. The third-order valence-corrected chi connectivity index (χ3v) is 0. The van der Waals surface area contributed by atoms with E-state index in [2.05, 4.69) is 0 Å². The van der Waals surface area contributed by atoms with E-state index in [4.69, 9.17) is 19.2 Å². The molecule has 8 heavy (non-hydrogen) atoms. The van der Waals surface area contributed by atoms with E-state index in [-0.39, 0.29) is 53.5 Å². The Labute approximate surface area is 81.4 Å². The van der Waals surface area contributed by atoms with Crippen molar-refractivity contribution >= 4 is 46.8 Å². The van der Waals surface area contributed by atoms with E-state index < -0.39 is 9.05 Å². The van der Waals surface area contributed by atoms with Crippen molar-refractivity contribution in [2.45, 2.75) is 7.43 Å². The van der Waals surface area contributed by atoms with Crippen LogP contribution in [0.2, 0.25) is 0 Å². The number of hydrogen-bond acceptors (Lipinski definition) is 4. The largest absolute Gasteiger partial charge is 2.00 e. The topological polar surface area (TPSA) is 112 Å². The Morgan fingerprint density at radius 2 is 1.00 bits per heavy atom. The Balaban J connectivity index is -0.00000000800. The molecule has 0 saturated carbocycles. The van der Waals surface area contributed by atoms with Gasteiger partial charge in [-0.1, -0.05) is 7.43 Å². The minimum atomic E-state index is -4.61. The molecule has 0 spiro atoms. The second kappa shape index (κ2) is 8.28. The fourth-order valence-corrected chi connectivity index (χ4v) is 0. The van der Waals surface area contributed by atoms with Crippen molar-refractivity contribution in [1.29, 1.82) is 0 Å². The van der Waals surface area contributed by atoms with E-state index in [1.807, 2.05) is 0 Å². The summed E-state index contributed by atoms with van der Waals surface area (Å²) in [5.41, 5.74) is 0. The van der Waals surface area contributed by atoms with Gasteiger partial charge in [0.15, 0.2) is 0 Å². The first-order chi connectivity index (χ1) is 2.00. The van der Waals surface area contributed by atoms with Gasteiger partial charge in [-0.2, -0.15) is 0 Å². The minimum absolute atomic E-state index is 0. The van der Waals surface area contributed by atoms with Gasteiger partial charge in [-0.3, -0.25) is 0 Å². The molecule has 0 aliphatic carbocycles. The Morgan fingerprint density at radius 1 is 1.00 bits per heavy atom. The third kappa shape index (κ3) is 176. The van der Waals surface area contributed by atoms with Gasteiger partial charge in [-0.05, 0) is 0 Å². The summed E-state index contributed by atoms with van der Waals surface area (Å²) in [7, 11) is -4.61. The Morgan fingerprint density at radius 3 is 1.00 bits per heavy atom. The molecule has 0 radical (unpaired) electrons. The van der Waals surface area contributed by atoms with E-state index in [1.54, 1.807) is 0 Å². The van der Waals surface area contributed by atoms with Crippen LogP contribution in [-0.2, 0) is 0 Å². The van der Waals surface area contributed by atoms with Crippen LogP contribution in [0.15, 0.2) is 0 Å². The van der Waals surface area contributed by atoms with Crippen LogP contribution >= 0.6 is 0 Å².